The number of anilines is 1. The second-order valence-corrected chi connectivity index (χ2v) is 6.73. The van der Waals surface area contributed by atoms with Crippen molar-refractivity contribution in [2.45, 2.75) is 32.6 Å². The predicted octanol–water partition coefficient (Wildman–Crippen LogP) is 4.05. The largest absolute Gasteiger partial charge is 0.484 e. The molecule has 1 aromatic heterocycles. The van der Waals surface area contributed by atoms with Crippen LogP contribution in [0.1, 0.15) is 31.2 Å². The maximum absolute atomic E-state index is 11.8. The molecule has 1 aromatic carbocycles. The fraction of sp³-hybridized carbons (Fsp3) is 0.400. The van der Waals surface area contributed by atoms with E-state index in [1.807, 2.05) is 18.2 Å². The summed E-state index contributed by atoms with van der Waals surface area (Å²) in [5, 5.41) is 12.2. The van der Waals surface area contributed by atoms with Crippen molar-refractivity contribution in [1.29, 1.82) is 0 Å². The lowest BCUT2D eigenvalue weighted by atomic mass is 10.2. The first-order chi connectivity index (χ1) is 10.7. The summed E-state index contributed by atoms with van der Waals surface area (Å²) in [5.41, 5.74) is 0. The van der Waals surface area contributed by atoms with Gasteiger partial charge in [0.15, 0.2) is 6.61 Å². The molecule has 0 spiro atoms. The minimum atomic E-state index is -0.240. The van der Waals surface area contributed by atoms with Crippen molar-refractivity contribution in [2.24, 2.45) is 0 Å². The number of ether oxygens (including phenoxy) is 1. The van der Waals surface area contributed by atoms with Crippen molar-refractivity contribution in [2.75, 3.05) is 11.9 Å². The van der Waals surface area contributed by atoms with Gasteiger partial charge in [-0.3, -0.25) is 10.1 Å². The van der Waals surface area contributed by atoms with E-state index in [1.165, 1.54) is 24.2 Å². The number of rotatable bonds is 8. The predicted molar refractivity (Wildman–Crippen MR) is 91.4 cm³/mol. The van der Waals surface area contributed by atoms with E-state index in [2.05, 4.69) is 38.4 Å². The van der Waals surface area contributed by atoms with Crippen molar-refractivity contribution in [3.05, 3.63) is 33.7 Å². The molecule has 0 aliphatic heterocycles. The van der Waals surface area contributed by atoms with Crippen LogP contribution in [0.25, 0.3) is 0 Å². The molecule has 1 amide bonds. The Labute approximate surface area is 142 Å². The average molecular weight is 384 g/mol. The van der Waals surface area contributed by atoms with Crippen molar-refractivity contribution < 1.29 is 9.53 Å². The molecule has 118 valence electrons. The van der Waals surface area contributed by atoms with Gasteiger partial charge in [-0.05, 0) is 24.6 Å². The molecule has 2 aromatic rings. The summed E-state index contributed by atoms with van der Waals surface area (Å²) in [6.07, 6.45) is 4.37. The molecule has 5 nitrogen and oxygen atoms in total. The van der Waals surface area contributed by atoms with E-state index in [9.17, 15) is 4.79 Å². The summed E-state index contributed by atoms with van der Waals surface area (Å²) in [6.45, 7) is 2.11. The molecule has 1 heterocycles. The Bertz CT molecular complexity index is 618. The number of unbranched alkanes of at least 4 members (excludes halogenated alkanes) is 2. The fourth-order valence-electron chi connectivity index (χ4n) is 1.79. The summed E-state index contributed by atoms with van der Waals surface area (Å²) in [5.74, 6) is 0.401. The Morgan fingerprint density at radius 2 is 2.23 bits per heavy atom. The molecule has 0 bridgehead atoms. The molecule has 0 saturated carbocycles. The fourth-order valence-corrected chi connectivity index (χ4v) is 2.97. The number of nitrogens with one attached hydrogen (secondary N) is 1. The highest BCUT2D eigenvalue weighted by Crippen LogP contribution is 2.19. The molecule has 22 heavy (non-hydrogen) atoms. The summed E-state index contributed by atoms with van der Waals surface area (Å²) in [4.78, 5) is 11.8. The molecule has 0 unspecified atom stereocenters. The number of hydrogen-bond donors (Lipinski definition) is 1. The minimum Gasteiger partial charge on any atom is -0.484 e. The molecule has 1 N–H and O–H groups in total. The monoisotopic (exact) mass is 383 g/mol. The van der Waals surface area contributed by atoms with Gasteiger partial charge in [0, 0.05) is 10.9 Å². The Morgan fingerprint density at radius 1 is 1.36 bits per heavy atom. The Morgan fingerprint density at radius 3 is 3.00 bits per heavy atom. The van der Waals surface area contributed by atoms with Gasteiger partial charge in [-0.15, -0.1) is 10.2 Å². The number of amides is 1. The highest BCUT2D eigenvalue weighted by atomic mass is 79.9. The zero-order valence-corrected chi connectivity index (χ0v) is 14.7. The normalized spacial score (nSPS) is 10.5. The third-order valence-corrected chi connectivity index (χ3v) is 4.27. The molecule has 0 aliphatic carbocycles. The lowest BCUT2D eigenvalue weighted by Gasteiger charge is -2.05. The van der Waals surface area contributed by atoms with Crippen molar-refractivity contribution in [1.82, 2.24) is 10.2 Å². The third kappa shape index (κ3) is 5.73. The topological polar surface area (TPSA) is 64.1 Å². The number of hydrogen-bond acceptors (Lipinski definition) is 5. The summed E-state index contributed by atoms with van der Waals surface area (Å²) in [6, 6.07) is 7.36. The van der Waals surface area contributed by atoms with Gasteiger partial charge in [0.25, 0.3) is 5.91 Å². The van der Waals surface area contributed by atoms with Gasteiger partial charge in [-0.1, -0.05) is 53.1 Å². The van der Waals surface area contributed by atoms with Crippen LogP contribution in [0.2, 0.25) is 0 Å². The second kappa shape index (κ2) is 8.85. The van der Waals surface area contributed by atoms with Crippen molar-refractivity contribution in [3.63, 3.8) is 0 Å². The quantitative estimate of drug-likeness (QED) is 0.698. The van der Waals surface area contributed by atoms with Crippen LogP contribution in [-0.4, -0.2) is 22.7 Å². The van der Waals surface area contributed by atoms with Crippen LogP contribution >= 0.6 is 27.3 Å². The second-order valence-electron chi connectivity index (χ2n) is 4.75. The molecule has 0 aliphatic rings. The molecule has 0 fully saturated rings. The Balaban J connectivity index is 1.77. The van der Waals surface area contributed by atoms with Crippen LogP contribution < -0.4 is 10.1 Å². The Hall–Kier alpha value is -1.47. The number of halogens is 1. The van der Waals surface area contributed by atoms with Gasteiger partial charge in [-0.25, -0.2) is 0 Å². The first kappa shape index (κ1) is 16.9. The lowest BCUT2D eigenvalue weighted by molar-refractivity contribution is -0.118. The van der Waals surface area contributed by atoms with Crippen LogP contribution in [0.4, 0.5) is 5.13 Å². The highest BCUT2D eigenvalue weighted by Gasteiger charge is 2.09. The summed E-state index contributed by atoms with van der Waals surface area (Å²) >= 11 is 4.77. The molecule has 0 radical (unpaired) electrons. The minimum absolute atomic E-state index is 0.0544. The van der Waals surface area contributed by atoms with Gasteiger partial charge in [0.2, 0.25) is 5.13 Å². The van der Waals surface area contributed by atoms with E-state index in [0.29, 0.717) is 10.9 Å². The average Bonchev–Trinajstić information content (AvgIpc) is 2.93. The molecular weight excluding hydrogens is 366 g/mol. The number of aromatic nitrogens is 2. The third-order valence-electron chi connectivity index (χ3n) is 2.87. The number of nitrogens with zero attached hydrogens (tertiary/aromatic N) is 2. The van der Waals surface area contributed by atoms with Crippen molar-refractivity contribution in [3.8, 4) is 5.75 Å². The first-order valence-electron chi connectivity index (χ1n) is 7.18. The molecular formula is C15H18BrN3O2S. The van der Waals surface area contributed by atoms with E-state index < -0.39 is 0 Å². The lowest BCUT2D eigenvalue weighted by Crippen LogP contribution is -2.20. The van der Waals surface area contributed by atoms with E-state index >= 15 is 0 Å². The van der Waals surface area contributed by atoms with Crippen LogP contribution in [0.5, 0.6) is 5.75 Å². The standard InChI is InChI=1S/C15H18BrN3O2S/c1-2-3-4-8-14-18-19-15(22-14)17-13(20)10-21-12-7-5-6-11(16)9-12/h5-7,9H,2-4,8,10H2,1H3,(H,17,19,20). The highest BCUT2D eigenvalue weighted by molar-refractivity contribution is 9.10. The Kier molecular flexibility index (Phi) is 6.79. The van der Waals surface area contributed by atoms with Gasteiger partial charge in [0.05, 0.1) is 0 Å². The number of carbonyl (C=O) groups is 1. The molecule has 7 heteroatoms. The summed E-state index contributed by atoms with van der Waals surface area (Å²) in [7, 11) is 0. The molecule has 0 saturated heterocycles. The maximum Gasteiger partial charge on any atom is 0.264 e. The maximum atomic E-state index is 11.8. The van der Waals surface area contributed by atoms with Crippen LogP contribution in [0, 0.1) is 0 Å². The van der Waals surface area contributed by atoms with Crippen LogP contribution in [0.3, 0.4) is 0 Å². The summed E-state index contributed by atoms with van der Waals surface area (Å²) < 4.78 is 6.33. The number of benzene rings is 1. The van der Waals surface area contributed by atoms with Crippen molar-refractivity contribution >= 4 is 38.3 Å². The number of carbonyl (C=O) groups excluding carboxylic acids is 1. The zero-order chi connectivity index (χ0) is 15.8. The van der Waals surface area contributed by atoms with Gasteiger partial charge in [0.1, 0.15) is 10.8 Å². The van der Waals surface area contributed by atoms with Gasteiger partial charge >= 0.3 is 0 Å². The van der Waals surface area contributed by atoms with Crippen LogP contribution in [-0.2, 0) is 11.2 Å². The van der Waals surface area contributed by atoms with E-state index in [4.69, 9.17) is 4.74 Å². The number of aryl methyl sites for hydroxylation is 1. The molecule has 0 atom stereocenters. The zero-order valence-electron chi connectivity index (χ0n) is 12.3. The smallest absolute Gasteiger partial charge is 0.264 e. The van der Waals surface area contributed by atoms with E-state index in [0.717, 1.165) is 22.3 Å². The van der Waals surface area contributed by atoms with Crippen LogP contribution in [0.15, 0.2) is 28.7 Å². The molecule has 2 rings (SSSR count). The van der Waals surface area contributed by atoms with Gasteiger partial charge < -0.3 is 4.74 Å². The SMILES string of the molecule is CCCCCc1nnc(NC(=O)COc2cccc(Br)c2)s1. The van der Waals surface area contributed by atoms with E-state index in [-0.39, 0.29) is 12.5 Å². The first-order valence-corrected chi connectivity index (χ1v) is 8.79. The van der Waals surface area contributed by atoms with E-state index in [1.54, 1.807) is 6.07 Å². The van der Waals surface area contributed by atoms with Gasteiger partial charge in [-0.2, -0.15) is 0 Å².